The first-order valence-electron chi connectivity index (χ1n) is 7.66. The number of hydrogen-bond donors (Lipinski definition) is 0. The number of carbonyl (C=O) groups excluding carboxylic acids is 2. The second-order valence-electron chi connectivity index (χ2n) is 5.79. The molecule has 1 aliphatic carbocycles. The van der Waals surface area contributed by atoms with E-state index in [4.69, 9.17) is 4.74 Å². The van der Waals surface area contributed by atoms with Crippen LogP contribution in [0.4, 0.5) is 4.79 Å². The normalized spacial score (nSPS) is 13.8. The second-order valence-corrected chi connectivity index (χ2v) is 5.79. The number of benzene rings is 2. The molecule has 4 heteroatoms. The van der Waals surface area contributed by atoms with E-state index in [0.29, 0.717) is 0 Å². The first-order valence-corrected chi connectivity index (χ1v) is 7.66. The fourth-order valence-corrected chi connectivity index (χ4v) is 2.95. The van der Waals surface area contributed by atoms with E-state index in [1.807, 2.05) is 24.3 Å². The zero-order valence-electron chi connectivity index (χ0n) is 13.2. The van der Waals surface area contributed by atoms with Crippen molar-refractivity contribution in [2.45, 2.75) is 18.9 Å². The molecule has 2 aromatic rings. The van der Waals surface area contributed by atoms with Crippen molar-refractivity contribution in [3.8, 4) is 11.1 Å². The number of hydrogen-bond acceptors (Lipinski definition) is 3. The molecule has 1 aliphatic rings. The molecule has 2 aromatic carbocycles. The highest BCUT2D eigenvalue weighted by Gasteiger charge is 2.29. The van der Waals surface area contributed by atoms with Gasteiger partial charge in [-0.1, -0.05) is 48.5 Å². The molecular formula is C19H19NO3. The summed E-state index contributed by atoms with van der Waals surface area (Å²) in [5.41, 5.74) is 4.73. The molecule has 0 spiro atoms. The van der Waals surface area contributed by atoms with Gasteiger partial charge in [-0.3, -0.25) is 0 Å². The molecule has 0 radical (unpaired) electrons. The van der Waals surface area contributed by atoms with Gasteiger partial charge in [-0.25, -0.2) is 4.79 Å². The molecule has 1 amide bonds. The van der Waals surface area contributed by atoms with Crippen LogP contribution in [0, 0.1) is 0 Å². The van der Waals surface area contributed by atoms with Gasteiger partial charge < -0.3 is 14.4 Å². The third-order valence-corrected chi connectivity index (χ3v) is 4.43. The molecule has 118 valence electrons. The Bertz CT molecular complexity index is 695. The van der Waals surface area contributed by atoms with Crippen molar-refractivity contribution in [1.29, 1.82) is 0 Å². The number of rotatable bonds is 4. The van der Waals surface area contributed by atoms with Crippen LogP contribution in [0.1, 0.15) is 24.0 Å². The maximum Gasteiger partial charge on any atom is 0.410 e. The summed E-state index contributed by atoms with van der Waals surface area (Å²) in [6.45, 7) is 1.93. The van der Waals surface area contributed by atoms with E-state index < -0.39 is 12.1 Å². The van der Waals surface area contributed by atoms with Crippen LogP contribution in [0.5, 0.6) is 0 Å². The Labute approximate surface area is 135 Å². The van der Waals surface area contributed by atoms with Gasteiger partial charge >= 0.3 is 6.09 Å². The van der Waals surface area contributed by atoms with Gasteiger partial charge in [0.05, 0.1) is 6.04 Å². The highest BCUT2D eigenvalue weighted by atomic mass is 16.6. The summed E-state index contributed by atoms with van der Waals surface area (Å²) >= 11 is 0. The smallest absolute Gasteiger partial charge is 0.410 e. The lowest BCUT2D eigenvalue weighted by Crippen LogP contribution is -2.37. The molecule has 0 aliphatic heterocycles. The predicted molar refractivity (Wildman–Crippen MR) is 88.4 cm³/mol. The van der Waals surface area contributed by atoms with Crippen molar-refractivity contribution < 1.29 is 14.3 Å². The summed E-state index contributed by atoms with van der Waals surface area (Å²) < 4.78 is 5.45. The molecule has 0 bridgehead atoms. The van der Waals surface area contributed by atoms with E-state index in [9.17, 15) is 9.59 Å². The van der Waals surface area contributed by atoms with Gasteiger partial charge in [0.1, 0.15) is 12.9 Å². The van der Waals surface area contributed by atoms with Gasteiger partial charge in [-0.2, -0.15) is 0 Å². The SMILES string of the molecule is CC(C=O)N(C)C(=O)OCC1c2ccccc2-c2ccccc21. The monoisotopic (exact) mass is 309 g/mol. The zero-order chi connectivity index (χ0) is 16.4. The van der Waals surface area contributed by atoms with Gasteiger partial charge in [0, 0.05) is 13.0 Å². The molecule has 0 aromatic heterocycles. The molecule has 3 rings (SSSR count). The van der Waals surface area contributed by atoms with Crippen LogP contribution in [-0.4, -0.2) is 37.0 Å². The van der Waals surface area contributed by atoms with E-state index in [1.165, 1.54) is 27.2 Å². The van der Waals surface area contributed by atoms with Gasteiger partial charge in [-0.15, -0.1) is 0 Å². The number of likely N-dealkylation sites (N-methyl/N-ethyl adjacent to an activating group) is 1. The third kappa shape index (κ3) is 2.72. The van der Waals surface area contributed by atoms with Gasteiger partial charge in [0.15, 0.2) is 0 Å². The second kappa shape index (κ2) is 6.24. The Morgan fingerprint density at radius 1 is 1.13 bits per heavy atom. The molecule has 4 nitrogen and oxygen atoms in total. The third-order valence-electron chi connectivity index (χ3n) is 4.43. The summed E-state index contributed by atoms with van der Waals surface area (Å²) in [7, 11) is 1.57. The van der Waals surface area contributed by atoms with Crippen molar-refractivity contribution in [1.82, 2.24) is 4.90 Å². The Hall–Kier alpha value is -2.62. The predicted octanol–water partition coefficient (Wildman–Crippen LogP) is 3.45. The minimum Gasteiger partial charge on any atom is -0.448 e. The van der Waals surface area contributed by atoms with Crippen molar-refractivity contribution in [3.63, 3.8) is 0 Å². The molecule has 1 unspecified atom stereocenters. The minimum atomic E-state index is -0.495. The summed E-state index contributed by atoms with van der Waals surface area (Å²) in [5, 5.41) is 0. The van der Waals surface area contributed by atoms with E-state index in [-0.39, 0.29) is 12.5 Å². The maximum atomic E-state index is 12.1. The van der Waals surface area contributed by atoms with E-state index in [1.54, 1.807) is 14.0 Å². The summed E-state index contributed by atoms with van der Waals surface area (Å²) in [6, 6.07) is 15.9. The summed E-state index contributed by atoms with van der Waals surface area (Å²) in [4.78, 5) is 24.2. The molecule has 0 saturated heterocycles. The number of ether oxygens (including phenoxy) is 1. The van der Waals surface area contributed by atoms with Crippen molar-refractivity contribution in [2.75, 3.05) is 13.7 Å². The highest BCUT2D eigenvalue weighted by Crippen LogP contribution is 2.44. The Kier molecular flexibility index (Phi) is 4.15. The van der Waals surface area contributed by atoms with Crippen LogP contribution in [0.25, 0.3) is 11.1 Å². The lowest BCUT2D eigenvalue weighted by molar-refractivity contribution is -0.111. The highest BCUT2D eigenvalue weighted by molar-refractivity contribution is 5.79. The van der Waals surface area contributed by atoms with Gasteiger partial charge in [0.25, 0.3) is 0 Å². The number of aldehydes is 1. The van der Waals surface area contributed by atoms with Crippen LogP contribution in [0.3, 0.4) is 0 Å². The first kappa shape index (κ1) is 15.3. The van der Waals surface area contributed by atoms with Crippen LogP contribution < -0.4 is 0 Å². The van der Waals surface area contributed by atoms with Crippen molar-refractivity contribution in [2.24, 2.45) is 0 Å². The standard InChI is InChI=1S/C19H19NO3/c1-13(11-21)20(2)19(22)23-12-18-16-9-5-3-7-14(16)15-8-4-6-10-17(15)18/h3-11,13,18H,12H2,1-2H3. The number of nitrogens with zero attached hydrogens (tertiary/aromatic N) is 1. The lowest BCUT2D eigenvalue weighted by atomic mass is 9.98. The number of carbonyl (C=O) groups is 2. The zero-order valence-corrected chi connectivity index (χ0v) is 13.2. The quantitative estimate of drug-likeness (QED) is 0.813. The molecule has 0 fully saturated rings. The van der Waals surface area contributed by atoms with Crippen LogP contribution in [0.2, 0.25) is 0 Å². The Balaban J connectivity index is 1.81. The lowest BCUT2D eigenvalue weighted by Gasteiger charge is -2.21. The summed E-state index contributed by atoms with van der Waals surface area (Å²) in [5.74, 6) is 0.0336. The van der Waals surface area contributed by atoms with Crippen LogP contribution in [0.15, 0.2) is 48.5 Å². The molecule has 23 heavy (non-hydrogen) atoms. The molecule has 0 N–H and O–H groups in total. The molecule has 0 saturated carbocycles. The van der Waals surface area contributed by atoms with Crippen LogP contribution >= 0.6 is 0 Å². The maximum absolute atomic E-state index is 12.1. The topological polar surface area (TPSA) is 46.6 Å². The minimum absolute atomic E-state index is 0.0336. The average Bonchev–Trinajstić information content (AvgIpc) is 2.92. The summed E-state index contributed by atoms with van der Waals surface area (Å²) in [6.07, 6.45) is 0.244. The van der Waals surface area contributed by atoms with Crippen LogP contribution in [-0.2, 0) is 9.53 Å². The average molecular weight is 309 g/mol. The van der Waals surface area contributed by atoms with Gasteiger partial charge in [-0.05, 0) is 29.2 Å². The Morgan fingerprint density at radius 3 is 2.17 bits per heavy atom. The first-order chi connectivity index (χ1) is 11.1. The van der Waals surface area contributed by atoms with Crippen molar-refractivity contribution in [3.05, 3.63) is 59.7 Å². The molecule has 1 atom stereocenters. The van der Waals surface area contributed by atoms with E-state index >= 15 is 0 Å². The van der Waals surface area contributed by atoms with Crippen molar-refractivity contribution >= 4 is 12.4 Å². The number of fused-ring (bicyclic) bond motifs is 3. The fourth-order valence-electron chi connectivity index (χ4n) is 2.95. The molecule has 0 heterocycles. The molecular weight excluding hydrogens is 290 g/mol. The van der Waals surface area contributed by atoms with Gasteiger partial charge in [0.2, 0.25) is 0 Å². The van der Waals surface area contributed by atoms with E-state index in [2.05, 4.69) is 24.3 Å². The Morgan fingerprint density at radius 2 is 1.65 bits per heavy atom. The largest absolute Gasteiger partial charge is 0.448 e. The fraction of sp³-hybridized carbons (Fsp3) is 0.263. The van der Waals surface area contributed by atoms with E-state index in [0.717, 1.165) is 6.29 Å². The number of amides is 1.